The number of carbonyl (C=O) groups excluding carboxylic acids is 1. The molecule has 0 aliphatic heterocycles. The molecular weight excluding hydrogens is 474 g/mol. The molecule has 0 saturated carbocycles. The smallest absolute Gasteiger partial charge is 0.322 e. The summed E-state index contributed by atoms with van der Waals surface area (Å²) in [6, 6.07) is 39.3. The summed E-state index contributed by atoms with van der Waals surface area (Å²) in [4.78, 5) is 28.3. The molecule has 190 valence electrons. The van der Waals surface area contributed by atoms with E-state index in [1.165, 1.54) is 0 Å². The van der Waals surface area contributed by atoms with Crippen LogP contribution >= 0.6 is 0 Å². The second kappa shape index (κ2) is 11.2. The van der Waals surface area contributed by atoms with Crippen LogP contribution in [0.2, 0.25) is 0 Å². The van der Waals surface area contributed by atoms with Gasteiger partial charge in [-0.1, -0.05) is 109 Å². The van der Waals surface area contributed by atoms with Crippen LogP contribution in [0.4, 0.5) is 0 Å². The lowest BCUT2D eigenvalue weighted by Crippen LogP contribution is -2.56. The summed E-state index contributed by atoms with van der Waals surface area (Å²) < 4.78 is 0. The number of para-hydroxylation sites is 1. The molecule has 0 saturated heterocycles. The maximum absolute atomic E-state index is 13.6. The molecular formula is C32H29N3O3. The van der Waals surface area contributed by atoms with Crippen molar-refractivity contribution >= 4 is 22.8 Å². The summed E-state index contributed by atoms with van der Waals surface area (Å²) >= 11 is 0. The molecule has 4 aromatic carbocycles. The van der Waals surface area contributed by atoms with Gasteiger partial charge in [-0.15, -0.1) is 0 Å². The normalized spacial score (nSPS) is 12.2. The highest BCUT2D eigenvalue weighted by Gasteiger charge is 2.40. The largest absolute Gasteiger partial charge is 0.480 e. The predicted molar refractivity (Wildman–Crippen MR) is 149 cm³/mol. The highest BCUT2D eigenvalue weighted by molar-refractivity contribution is 5.86. The first-order valence-corrected chi connectivity index (χ1v) is 12.6. The summed E-state index contributed by atoms with van der Waals surface area (Å²) in [6.45, 7) is -0.460. The van der Waals surface area contributed by atoms with E-state index in [0.717, 1.165) is 33.3 Å². The van der Waals surface area contributed by atoms with Crippen LogP contribution in [0.25, 0.3) is 10.9 Å². The van der Waals surface area contributed by atoms with Gasteiger partial charge in [0.1, 0.15) is 6.54 Å². The minimum atomic E-state index is -1.09. The van der Waals surface area contributed by atoms with E-state index in [0.29, 0.717) is 6.42 Å². The van der Waals surface area contributed by atoms with Crippen molar-refractivity contribution in [3.8, 4) is 0 Å². The number of nitrogens with one attached hydrogen (secondary N) is 3. The lowest BCUT2D eigenvalue weighted by atomic mass is 9.76. The standard InChI is InChI=1S/C32H29N3O3/c36-30(37)22-33-31(38)29(21-27-20-23-12-10-11-19-28(23)34-27)35-32(24-13-4-1-5-14-24,25-15-6-2-7-16-25)26-17-8-3-9-18-26/h1-20,29,34-35H,21-22H2,(H,33,38)(H,36,37)/t29-/m0/s1. The van der Waals surface area contributed by atoms with Crippen LogP contribution in [0.3, 0.4) is 0 Å². The molecule has 1 heterocycles. The number of rotatable bonds is 10. The van der Waals surface area contributed by atoms with E-state index in [2.05, 4.69) is 15.6 Å². The van der Waals surface area contributed by atoms with Gasteiger partial charge in [0.05, 0.1) is 11.6 Å². The molecule has 0 bridgehead atoms. The van der Waals surface area contributed by atoms with Crippen molar-refractivity contribution in [1.29, 1.82) is 0 Å². The molecule has 0 spiro atoms. The highest BCUT2D eigenvalue weighted by atomic mass is 16.4. The van der Waals surface area contributed by atoms with Crippen LogP contribution in [0.1, 0.15) is 22.4 Å². The van der Waals surface area contributed by atoms with E-state index in [4.69, 9.17) is 0 Å². The number of amides is 1. The minimum Gasteiger partial charge on any atom is -0.480 e. The first kappa shape index (κ1) is 25.0. The van der Waals surface area contributed by atoms with Crippen molar-refractivity contribution in [3.63, 3.8) is 0 Å². The third-order valence-corrected chi connectivity index (χ3v) is 6.75. The fraction of sp³-hybridized carbons (Fsp3) is 0.125. The quantitative estimate of drug-likeness (QED) is 0.205. The molecule has 1 amide bonds. The van der Waals surface area contributed by atoms with Gasteiger partial charge in [0.15, 0.2) is 0 Å². The van der Waals surface area contributed by atoms with Crippen LogP contribution in [-0.2, 0) is 21.5 Å². The number of aromatic nitrogens is 1. The van der Waals surface area contributed by atoms with E-state index in [-0.39, 0.29) is 0 Å². The second-order valence-corrected chi connectivity index (χ2v) is 9.24. The molecule has 0 fully saturated rings. The molecule has 5 aromatic rings. The van der Waals surface area contributed by atoms with Gasteiger partial charge in [0.2, 0.25) is 5.91 Å². The van der Waals surface area contributed by atoms with Gasteiger partial charge in [-0.25, -0.2) is 0 Å². The fourth-order valence-electron chi connectivity index (χ4n) is 5.03. The molecule has 1 atom stereocenters. The number of benzene rings is 4. The SMILES string of the molecule is O=C(O)CNC(=O)[C@H](Cc1cc2ccccc2[nH]1)NC(c1ccccc1)(c1ccccc1)c1ccccc1. The third-order valence-electron chi connectivity index (χ3n) is 6.75. The van der Waals surface area contributed by atoms with Crippen LogP contribution in [0, 0.1) is 0 Å². The maximum atomic E-state index is 13.6. The average molecular weight is 504 g/mol. The summed E-state index contributed by atoms with van der Waals surface area (Å²) in [6.07, 6.45) is 0.328. The number of carbonyl (C=O) groups is 2. The average Bonchev–Trinajstić information content (AvgIpc) is 3.38. The van der Waals surface area contributed by atoms with Crippen molar-refractivity contribution in [3.05, 3.63) is 144 Å². The van der Waals surface area contributed by atoms with Crippen LogP contribution in [-0.4, -0.2) is 34.6 Å². The number of aromatic amines is 1. The Labute approximate surface area is 221 Å². The molecule has 0 radical (unpaired) electrons. The number of hydrogen-bond donors (Lipinski definition) is 4. The van der Waals surface area contributed by atoms with E-state index >= 15 is 0 Å². The van der Waals surface area contributed by atoms with Crippen LogP contribution in [0.5, 0.6) is 0 Å². The Kier molecular flexibility index (Phi) is 7.33. The highest BCUT2D eigenvalue weighted by Crippen LogP contribution is 2.37. The van der Waals surface area contributed by atoms with Gasteiger partial charge in [-0.3, -0.25) is 14.9 Å². The topological polar surface area (TPSA) is 94.2 Å². The second-order valence-electron chi connectivity index (χ2n) is 9.24. The number of aliphatic carboxylic acids is 1. The molecule has 0 aliphatic rings. The Hall–Kier alpha value is -4.68. The zero-order chi connectivity index (χ0) is 26.4. The lowest BCUT2D eigenvalue weighted by Gasteiger charge is -2.39. The lowest BCUT2D eigenvalue weighted by molar-refractivity contribution is -0.138. The van der Waals surface area contributed by atoms with Gasteiger partial charge in [0.25, 0.3) is 0 Å². The number of carboxylic acid groups (broad SMARTS) is 1. The molecule has 38 heavy (non-hydrogen) atoms. The predicted octanol–water partition coefficient (Wildman–Crippen LogP) is 4.86. The molecule has 6 heteroatoms. The van der Waals surface area contributed by atoms with Crippen molar-refractivity contribution in [2.45, 2.75) is 18.0 Å². The van der Waals surface area contributed by atoms with E-state index < -0.39 is 30.0 Å². The Morgan fingerprint density at radius 2 is 1.24 bits per heavy atom. The Balaban J connectivity index is 1.65. The monoisotopic (exact) mass is 503 g/mol. The summed E-state index contributed by atoms with van der Waals surface area (Å²) in [5, 5.41) is 16.6. The van der Waals surface area contributed by atoms with Crippen molar-refractivity contribution < 1.29 is 14.7 Å². The third kappa shape index (κ3) is 5.21. The van der Waals surface area contributed by atoms with Gasteiger partial charge in [0, 0.05) is 17.6 Å². The maximum Gasteiger partial charge on any atom is 0.322 e. The van der Waals surface area contributed by atoms with Gasteiger partial charge in [-0.2, -0.15) is 0 Å². The van der Waals surface area contributed by atoms with Gasteiger partial charge >= 0.3 is 5.97 Å². The van der Waals surface area contributed by atoms with Crippen molar-refractivity contribution in [1.82, 2.24) is 15.6 Å². The fourth-order valence-corrected chi connectivity index (χ4v) is 5.03. The molecule has 0 aliphatic carbocycles. The Morgan fingerprint density at radius 1 is 0.737 bits per heavy atom. The van der Waals surface area contributed by atoms with E-state index in [1.807, 2.05) is 121 Å². The molecule has 6 nitrogen and oxygen atoms in total. The number of H-pyrrole nitrogens is 1. The first-order valence-electron chi connectivity index (χ1n) is 12.6. The molecule has 5 rings (SSSR count). The zero-order valence-electron chi connectivity index (χ0n) is 20.8. The molecule has 4 N–H and O–H groups in total. The van der Waals surface area contributed by atoms with Gasteiger partial charge < -0.3 is 15.4 Å². The van der Waals surface area contributed by atoms with E-state index in [1.54, 1.807) is 0 Å². The van der Waals surface area contributed by atoms with Crippen LogP contribution < -0.4 is 10.6 Å². The minimum absolute atomic E-state index is 0.328. The Morgan fingerprint density at radius 3 is 1.74 bits per heavy atom. The summed E-state index contributed by atoms with van der Waals surface area (Å²) in [5.41, 5.74) is 3.85. The number of hydrogen-bond acceptors (Lipinski definition) is 3. The first-order chi connectivity index (χ1) is 18.6. The summed E-state index contributed by atoms with van der Waals surface area (Å²) in [5.74, 6) is -1.48. The number of carboxylic acids is 1. The zero-order valence-corrected chi connectivity index (χ0v) is 20.8. The molecule has 0 unspecified atom stereocenters. The van der Waals surface area contributed by atoms with Crippen LogP contribution in [0.15, 0.2) is 121 Å². The van der Waals surface area contributed by atoms with E-state index in [9.17, 15) is 14.7 Å². The number of fused-ring (bicyclic) bond motifs is 1. The summed E-state index contributed by atoms with van der Waals surface area (Å²) in [7, 11) is 0. The van der Waals surface area contributed by atoms with Gasteiger partial charge in [-0.05, 0) is 34.2 Å². The van der Waals surface area contributed by atoms with Crippen molar-refractivity contribution in [2.75, 3.05) is 6.54 Å². The van der Waals surface area contributed by atoms with Crippen molar-refractivity contribution in [2.24, 2.45) is 0 Å². The Bertz CT molecular complexity index is 1390. The molecule has 1 aromatic heterocycles.